The first-order valence-electron chi connectivity index (χ1n) is 6.72. The maximum atomic E-state index is 13.3. The Morgan fingerprint density at radius 1 is 1.27 bits per heavy atom. The Labute approximate surface area is 135 Å². The van der Waals surface area contributed by atoms with Gasteiger partial charge < -0.3 is 4.57 Å². The van der Waals surface area contributed by atoms with Crippen LogP contribution in [0.25, 0.3) is 10.2 Å². The summed E-state index contributed by atoms with van der Waals surface area (Å²) in [5.74, 6) is -0.640. The second-order valence-electron chi connectivity index (χ2n) is 4.66. The van der Waals surface area contributed by atoms with E-state index in [1.54, 1.807) is 30.3 Å². The molecule has 0 fully saturated rings. The molecule has 0 N–H and O–H groups in total. The van der Waals surface area contributed by atoms with Crippen molar-refractivity contribution in [2.45, 2.75) is 13.5 Å². The first-order valence-corrected chi connectivity index (χ1v) is 7.91. The summed E-state index contributed by atoms with van der Waals surface area (Å²) < 4.78 is 16.0. The van der Waals surface area contributed by atoms with E-state index in [1.165, 1.54) is 23.5 Å². The van der Waals surface area contributed by atoms with Crippen LogP contribution in [-0.2, 0) is 6.54 Å². The number of carbonyl (C=O) groups excluding carboxylic acids is 1. The van der Waals surface area contributed by atoms with Crippen LogP contribution in [-0.4, -0.2) is 10.5 Å². The Morgan fingerprint density at radius 3 is 2.68 bits per heavy atom. The van der Waals surface area contributed by atoms with Gasteiger partial charge in [0.25, 0.3) is 5.91 Å². The second kappa shape index (κ2) is 6.02. The highest BCUT2D eigenvalue weighted by molar-refractivity contribution is 7.16. The third-order valence-electron chi connectivity index (χ3n) is 3.25. The van der Waals surface area contributed by atoms with E-state index in [-0.39, 0.29) is 11.7 Å². The number of aromatic nitrogens is 1. The van der Waals surface area contributed by atoms with Crippen LogP contribution in [0.5, 0.6) is 0 Å². The lowest BCUT2D eigenvalue weighted by Crippen LogP contribution is -2.15. The standard InChI is InChI=1S/C16H12ClFN2OS/c1-2-20-13-8-7-12(18)9-14(13)22-16(20)19-15(21)10-3-5-11(17)6-4-10/h3-9H,2H2,1H3. The summed E-state index contributed by atoms with van der Waals surface area (Å²) in [5.41, 5.74) is 1.34. The van der Waals surface area contributed by atoms with Crippen molar-refractivity contribution in [2.24, 2.45) is 4.99 Å². The van der Waals surface area contributed by atoms with Crippen molar-refractivity contribution in [1.82, 2.24) is 4.57 Å². The van der Waals surface area contributed by atoms with Gasteiger partial charge in [-0.2, -0.15) is 4.99 Å². The van der Waals surface area contributed by atoms with E-state index in [0.29, 0.717) is 21.9 Å². The Morgan fingerprint density at radius 2 is 2.00 bits per heavy atom. The van der Waals surface area contributed by atoms with Gasteiger partial charge in [-0.3, -0.25) is 4.79 Å². The Balaban J connectivity index is 2.12. The number of benzene rings is 2. The van der Waals surface area contributed by atoms with Crippen LogP contribution in [0.1, 0.15) is 17.3 Å². The zero-order valence-corrected chi connectivity index (χ0v) is 13.3. The Bertz CT molecular complexity index is 912. The molecule has 22 heavy (non-hydrogen) atoms. The average Bonchev–Trinajstić information content (AvgIpc) is 2.83. The molecule has 0 aliphatic heterocycles. The number of aryl methyl sites for hydroxylation is 1. The molecule has 0 radical (unpaired) electrons. The molecule has 0 spiro atoms. The highest BCUT2D eigenvalue weighted by atomic mass is 35.5. The largest absolute Gasteiger partial charge is 0.317 e. The minimum atomic E-state index is -0.342. The highest BCUT2D eigenvalue weighted by Gasteiger charge is 2.09. The minimum Gasteiger partial charge on any atom is -0.317 e. The van der Waals surface area contributed by atoms with E-state index in [9.17, 15) is 9.18 Å². The van der Waals surface area contributed by atoms with Gasteiger partial charge in [0.05, 0.1) is 10.2 Å². The third-order valence-corrected chi connectivity index (χ3v) is 4.54. The first kappa shape index (κ1) is 14.9. The maximum absolute atomic E-state index is 13.3. The Kier molecular flexibility index (Phi) is 4.09. The van der Waals surface area contributed by atoms with Crippen molar-refractivity contribution in [2.75, 3.05) is 0 Å². The van der Waals surface area contributed by atoms with Gasteiger partial charge in [0, 0.05) is 17.1 Å². The highest BCUT2D eigenvalue weighted by Crippen LogP contribution is 2.18. The summed E-state index contributed by atoms with van der Waals surface area (Å²) in [5, 5.41) is 0.567. The van der Waals surface area contributed by atoms with Crippen LogP contribution in [0.2, 0.25) is 5.02 Å². The summed E-state index contributed by atoms with van der Waals surface area (Å²) >= 11 is 7.11. The van der Waals surface area contributed by atoms with E-state index in [4.69, 9.17) is 11.6 Å². The van der Waals surface area contributed by atoms with E-state index in [2.05, 4.69) is 4.99 Å². The number of rotatable bonds is 2. The van der Waals surface area contributed by atoms with Crippen molar-refractivity contribution >= 4 is 39.1 Å². The molecule has 3 nitrogen and oxygen atoms in total. The number of carbonyl (C=O) groups is 1. The van der Waals surface area contributed by atoms with Crippen molar-refractivity contribution in [3.8, 4) is 0 Å². The minimum absolute atomic E-state index is 0.299. The van der Waals surface area contributed by atoms with Gasteiger partial charge in [-0.15, -0.1) is 0 Å². The van der Waals surface area contributed by atoms with Crippen molar-refractivity contribution in [3.05, 3.63) is 63.7 Å². The topological polar surface area (TPSA) is 34.4 Å². The predicted molar refractivity (Wildman–Crippen MR) is 86.8 cm³/mol. The van der Waals surface area contributed by atoms with Gasteiger partial charge in [0.2, 0.25) is 0 Å². The fourth-order valence-corrected chi connectivity index (χ4v) is 3.43. The van der Waals surface area contributed by atoms with Crippen LogP contribution in [0.4, 0.5) is 4.39 Å². The molecule has 6 heteroatoms. The fraction of sp³-hybridized carbons (Fsp3) is 0.125. The zero-order chi connectivity index (χ0) is 15.7. The fourth-order valence-electron chi connectivity index (χ4n) is 2.18. The number of fused-ring (bicyclic) bond motifs is 1. The van der Waals surface area contributed by atoms with Gasteiger partial charge in [0.15, 0.2) is 4.80 Å². The van der Waals surface area contributed by atoms with E-state index in [0.717, 1.165) is 10.2 Å². The molecule has 0 saturated carbocycles. The van der Waals surface area contributed by atoms with Crippen molar-refractivity contribution < 1.29 is 9.18 Å². The number of hydrogen-bond acceptors (Lipinski definition) is 2. The average molecular weight is 335 g/mol. The molecule has 2 aromatic carbocycles. The second-order valence-corrected chi connectivity index (χ2v) is 6.11. The zero-order valence-electron chi connectivity index (χ0n) is 11.7. The molecule has 0 atom stereocenters. The molecule has 0 saturated heterocycles. The van der Waals surface area contributed by atoms with Gasteiger partial charge in [-0.1, -0.05) is 22.9 Å². The summed E-state index contributed by atoms with van der Waals surface area (Å²) in [6.07, 6.45) is 0. The summed E-state index contributed by atoms with van der Waals surface area (Å²) in [6.45, 7) is 2.61. The molecular formula is C16H12ClFN2OS. The summed E-state index contributed by atoms with van der Waals surface area (Å²) in [7, 11) is 0. The van der Waals surface area contributed by atoms with Crippen molar-refractivity contribution in [3.63, 3.8) is 0 Å². The smallest absolute Gasteiger partial charge is 0.279 e. The van der Waals surface area contributed by atoms with Gasteiger partial charge in [-0.05, 0) is 49.4 Å². The van der Waals surface area contributed by atoms with Crippen LogP contribution < -0.4 is 4.80 Å². The van der Waals surface area contributed by atoms with Crippen LogP contribution in [0, 0.1) is 5.82 Å². The lowest BCUT2D eigenvalue weighted by molar-refractivity contribution is 0.0998. The number of amides is 1. The quantitative estimate of drug-likeness (QED) is 0.689. The molecule has 1 aromatic heterocycles. The molecule has 112 valence electrons. The first-order chi connectivity index (χ1) is 10.6. The predicted octanol–water partition coefficient (Wildman–Crippen LogP) is 4.26. The van der Waals surface area contributed by atoms with Crippen LogP contribution >= 0.6 is 22.9 Å². The summed E-state index contributed by atoms with van der Waals surface area (Å²) in [6, 6.07) is 11.1. The van der Waals surface area contributed by atoms with Gasteiger partial charge in [-0.25, -0.2) is 4.39 Å². The number of hydrogen-bond donors (Lipinski definition) is 0. The van der Waals surface area contributed by atoms with Gasteiger partial charge >= 0.3 is 0 Å². The van der Waals surface area contributed by atoms with Gasteiger partial charge in [0.1, 0.15) is 5.82 Å². The third kappa shape index (κ3) is 2.82. The lowest BCUT2D eigenvalue weighted by atomic mass is 10.2. The maximum Gasteiger partial charge on any atom is 0.279 e. The molecule has 1 amide bonds. The van der Waals surface area contributed by atoms with Crippen LogP contribution in [0.3, 0.4) is 0 Å². The van der Waals surface area contributed by atoms with E-state index >= 15 is 0 Å². The molecular weight excluding hydrogens is 323 g/mol. The summed E-state index contributed by atoms with van der Waals surface area (Å²) in [4.78, 5) is 17.0. The molecule has 1 heterocycles. The molecule has 0 unspecified atom stereocenters. The molecule has 3 aromatic rings. The monoisotopic (exact) mass is 334 g/mol. The van der Waals surface area contributed by atoms with E-state index < -0.39 is 0 Å². The Hall–Kier alpha value is -1.98. The molecule has 3 rings (SSSR count). The SMILES string of the molecule is CCn1c(=NC(=O)c2ccc(Cl)cc2)sc2cc(F)ccc21. The molecule has 0 aliphatic carbocycles. The van der Waals surface area contributed by atoms with Crippen LogP contribution in [0.15, 0.2) is 47.5 Å². The number of halogens is 2. The van der Waals surface area contributed by atoms with Crippen molar-refractivity contribution in [1.29, 1.82) is 0 Å². The molecule has 0 aliphatic rings. The normalized spacial score (nSPS) is 12.0. The number of nitrogens with zero attached hydrogens (tertiary/aromatic N) is 2. The number of thiazole rings is 1. The molecule has 0 bridgehead atoms. The lowest BCUT2D eigenvalue weighted by Gasteiger charge is -2.00. The van der Waals surface area contributed by atoms with E-state index in [1.807, 2.05) is 11.5 Å².